The Morgan fingerprint density at radius 1 is 0.364 bits per heavy atom. The van der Waals surface area contributed by atoms with Crippen LogP contribution in [0.3, 0.4) is 0 Å². The average molecular weight is 513 g/mol. The van der Waals surface area contributed by atoms with E-state index in [2.05, 4.69) is 116 Å². The van der Waals surface area contributed by atoms with E-state index in [1.807, 2.05) is 36.4 Å². The molecule has 0 aromatic heterocycles. The molecule has 4 aromatic carbocycles. The Hall–Kier alpha value is -2.63. The normalized spacial score (nSPS) is 8.88. The summed E-state index contributed by atoms with van der Waals surface area (Å²) in [5.74, 6) is 0. The fraction of sp³-hybridized carbons (Fsp3) is 0.156. The summed E-state index contributed by atoms with van der Waals surface area (Å²) in [7, 11) is 0. The van der Waals surface area contributed by atoms with E-state index in [9.17, 15) is 0 Å². The van der Waals surface area contributed by atoms with Crippen LogP contribution < -0.4 is 0 Å². The van der Waals surface area contributed by atoms with Crippen molar-refractivity contribution in [3.63, 3.8) is 0 Å². The molecule has 169 valence electrons. The number of aryl methyl sites for hydroxylation is 5. The van der Waals surface area contributed by atoms with E-state index in [0.29, 0.717) is 0 Å². The van der Waals surface area contributed by atoms with Gasteiger partial charge in [0.1, 0.15) is 0 Å². The fourth-order valence-electron chi connectivity index (χ4n) is 2.94. The number of hydrogen-bond donors (Lipinski definition) is 0. The van der Waals surface area contributed by atoms with E-state index in [4.69, 9.17) is 0 Å². The van der Waals surface area contributed by atoms with Crippen LogP contribution in [0.1, 0.15) is 44.5 Å². The SMILES string of the molecule is Cc1cccc(C)c1.[CH2-]c1cccc(C)c1.[CH2-]c1cccc(C)c1.[CH2-]c1cccc(C)c1.[Zr+3]. The predicted molar refractivity (Wildman–Crippen MR) is 143 cm³/mol. The quantitative estimate of drug-likeness (QED) is 0.206. The van der Waals surface area contributed by atoms with E-state index in [1.54, 1.807) is 0 Å². The van der Waals surface area contributed by atoms with E-state index in [-0.39, 0.29) is 26.2 Å². The van der Waals surface area contributed by atoms with Crippen molar-refractivity contribution in [2.24, 2.45) is 0 Å². The van der Waals surface area contributed by atoms with Gasteiger partial charge in [-0.2, -0.15) is 73.9 Å². The van der Waals surface area contributed by atoms with Gasteiger partial charge in [-0.1, -0.05) is 74.4 Å². The molecular formula is C32H37Zr. The standard InChI is InChI=1S/C8H10.3C8H9.Zr/c4*1-7-4-3-5-8(2)6-7;/h3-6H,1-2H3;3*3-6H,1H2,2H3;/q;3*-1;+3. The Balaban J connectivity index is 0.000000410. The maximum Gasteiger partial charge on any atom is 3.00 e. The van der Waals surface area contributed by atoms with Crippen LogP contribution in [0, 0.1) is 55.4 Å². The van der Waals surface area contributed by atoms with Gasteiger partial charge in [-0.3, -0.25) is 0 Å². The van der Waals surface area contributed by atoms with Crippen molar-refractivity contribution in [3.8, 4) is 0 Å². The minimum atomic E-state index is 0. The molecule has 0 fully saturated rings. The summed E-state index contributed by atoms with van der Waals surface area (Å²) in [5, 5.41) is 0. The summed E-state index contributed by atoms with van der Waals surface area (Å²) in [4.78, 5) is 0. The van der Waals surface area contributed by atoms with Crippen LogP contribution in [0.25, 0.3) is 0 Å². The van der Waals surface area contributed by atoms with Crippen LogP contribution in [0.4, 0.5) is 0 Å². The van der Waals surface area contributed by atoms with E-state index < -0.39 is 0 Å². The van der Waals surface area contributed by atoms with Crippen molar-refractivity contribution in [3.05, 3.63) is 162 Å². The molecule has 33 heavy (non-hydrogen) atoms. The van der Waals surface area contributed by atoms with Gasteiger partial charge in [0.25, 0.3) is 0 Å². The third-order valence-corrected chi connectivity index (χ3v) is 4.42. The van der Waals surface area contributed by atoms with Gasteiger partial charge < -0.3 is 0 Å². The van der Waals surface area contributed by atoms with E-state index >= 15 is 0 Å². The monoisotopic (exact) mass is 511 g/mol. The molecule has 0 bridgehead atoms. The van der Waals surface area contributed by atoms with Crippen LogP contribution in [-0.2, 0) is 26.2 Å². The van der Waals surface area contributed by atoms with Gasteiger partial charge >= 0.3 is 26.2 Å². The van der Waals surface area contributed by atoms with Gasteiger partial charge in [0.15, 0.2) is 0 Å². The van der Waals surface area contributed by atoms with Gasteiger partial charge in [-0.25, -0.2) is 0 Å². The zero-order valence-corrected chi connectivity index (χ0v) is 23.3. The Morgan fingerprint density at radius 2 is 0.576 bits per heavy atom. The third-order valence-electron chi connectivity index (χ3n) is 4.42. The number of rotatable bonds is 0. The molecule has 1 heteroatoms. The first kappa shape index (κ1) is 30.4. The average Bonchev–Trinajstić information content (AvgIpc) is 2.69. The zero-order chi connectivity index (χ0) is 23.9. The van der Waals surface area contributed by atoms with Crippen molar-refractivity contribution in [1.29, 1.82) is 0 Å². The molecule has 0 aliphatic carbocycles. The molecule has 0 heterocycles. The van der Waals surface area contributed by atoms with Crippen molar-refractivity contribution in [2.75, 3.05) is 0 Å². The zero-order valence-electron chi connectivity index (χ0n) is 20.9. The van der Waals surface area contributed by atoms with Crippen LogP contribution >= 0.6 is 0 Å². The van der Waals surface area contributed by atoms with Crippen LogP contribution in [0.5, 0.6) is 0 Å². The first-order valence-corrected chi connectivity index (χ1v) is 10.8. The van der Waals surface area contributed by atoms with Gasteiger partial charge in [0.2, 0.25) is 0 Å². The van der Waals surface area contributed by atoms with Crippen LogP contribution in [0.2, 0.25) is 0 Å². The minimum absolute atomic E-state index is 0. The van der Waals surface area contributed by atoms with E-state index in [0.717, 1.165) is 16.7 Å². The second-order valence-corrected chi connectivity index (χ2v) is 8.13. The molecule has 0 saturated carbocycles. The van der Waals surface area contributed by atoms with Crippen molar-refractivity contribution in [1.82, 2.24) is 0 Å². The summed E-state index contributed by atoms with van der Waals surface area (Å²) >= 11 is 0. The van der Waals surface area contributed by atoms with Gasteiger partial charge in [-0.05, 0) is 13.8 Å². The molecule has 0 N–H and O–H groups in total. The third kappa shape index (κ3) is 15.8. The van der Waals surface area contributed by atoms with Gasteiger partial charge in [0.05, 0.1) is 0 Å². The van der Waals surface area contributed by atoms with Gasteiger partial charge in [0, 0.05) is 0 Å². The minimum Gasteiger partial charge on any atom is -0.199 e. The molecule has 0 unspecified atom stereocenters. The maximum absolute atomic E-state index is 3.78. The molecule has 1 radical (unpaired) electrons. The predicted octanol–water partition coefficient (Wildman–Crippen LogP) is 8.83. The molecule has 0 nitrogen and oxygen atoms in total. The molecule has 0 aliphatic heterocycles. The summed E-state index contributed by atoms with van der Waals surface area (Å²) in [5.41, 5.74) is 9.77. The van der Waals surface area contributed by atoms with Crippen LogP contribution in [0.15, 0.2) is 97.1 Å². The summed E-state index contributed by atoms with van der Waals surface area (Å²) < 4.78 is 0. The number of benzene rings is 4. The molecular weight excluding hydrogens is 476 g/mol. The Morgan fingerprint density at radius 3 is 0.697 bits per heavy atom. The maximum atomic E-state index is 3.78. The topological polar surface area (TPSA) is 0 Å². The summed E-state index contributed by atoms with van der Waals surface area (Å²) in [6.07, 6.45) is 0. The Labute approximate surface area is 222 Å². The van der Waals surface area contributed by atoms with Crippen molar-refractivity contribution >= 4 is 0 Å². The first-order valence-electron chi connectivity index (χ1n) is 10.8. The largest absolute Gasteiger partial charge is 3.00 e. The Bertz CT molecular complexity index is 820. The molecule has 0 spiro atoms. The molecule has 4 aromatic rings. The second-order valence-electron chi connectivity index (χ2n) is 8.13. The van der Waals surface area contributed by atoms with Crippen LogP contribution in [-0.4, -0.2) is 0 Å². The Kier molecular flexibility index (Phi) is 15.6. The summed E-state index contributed by atoms with van der Waals surface area (Å²) in [6, 6.07) is 32.8. The smallest absolute Gasteiger partial charge is 0.199 e. The second kappa shape index (κ2) is 16.9. The van der Waals surface area contributed by atoms with Crippen molar-refractivity contribution < 1.29 is 26.2 Å². The van der Waals surface area contributed by atoms with Crippen molar-refractivity contribution in [2.45, 2.75) is 34.6 Å². The first-order chi connectivity index (χ1) is 15.2. The summed E-state index contributed by atoms with van der Waals surface area (Å²) in [6.45, 7) is 21.7. The molecule has 0 amide bonds. The molecule has 0 saturated heterocycles. The number of hydrogen-bond acceptors (Lipinski definition) is 0. The van der Waals surface area contributed by atoms with Gasteiger partial charge in [-0.15, -0.1) is 34.9 Å². The molecule has 0 aliphatic rings. The van der Waals surface area contributed by atoms with E-state index in [1.165, 1.54) is 27.8 Å². The fourth-order valence-corrected chi connectivity index (χ4v) is 2.94. The molecule has 0 atom stereocenters. The molecule has 4 rings (SSSR count).